The van der Waals surface area contributed by atoms with E-state index in [4.69, 9.17) is 0 Å². The minimum atomic E-state index is -0.318. The molecule has 14 heavy (non-hydrogen) atoms. The molecular formula is C11H14FNO. The second-order valence-electron chi connectivity index (χ2n) is 2.98. The molecule has 0 fully saturated rings. The molecule has 0 aliphatic heterocycles. The van der Waals surface area contributed by atoms with E-state index >= 15 is 0 Å². The van der Waals surface area contributed by atoms with E-state index in [1.54, 1.807) is 4.90 Å². The Morgan fingerprint density at radius 2 is 1.71 bits per heavy atom. The number of rotatable bonds is 3. The fraction of sp³-hybridized carbons (Fsp3) is 0.364. The van der Waals surface area contributed by atoms with Crippen LogP contribution in [0.4, 0.5) is 4.39 Å². The summed E-state index contributed by atoms with van der Waals surface area (Å²) in [7, 11) is 0. The molecule has 0 bridgehead atoms. The van der Waals surface area contributed by atoms with Gasteiger partial charge >= 0.3 is 0 Å². The Bertz CT molecular complexity index is 304. The van der Waals surface area contributed by atoms with Crippen molar-refractivity contribution < 1.29 is 9.18 Å². The standard InChI is InChI=1S/C11H14FNO/c1-3-13(4-2)11(14)9-5-7-10(12)8-6-9/h5-8H,3-4H2,1-2H3. The van der Waals surface area contributed by atoms with Crippen molar-refractivity contribution in [2.24, 2.45) is 0 Å². The van der Waals surface area contributed by atoms with Gasteiger partial charge in [0.1, 0.15) is 5.82 Å². The van der Waals surface area contributed by atoms with Gasteiger partial charge in [0.2, 0.25) is 0 Å². The molecule has 1 rings (SSSR count). The molecule has 0 N–H and O–H groups in total. The number of amides is 1. The Labute approximate surface area is 83.3 Å². The molecule has 1 aromatic carbocycles. The first kappa shape index (κ1) is 10.7. The molecule has 1 aromatic rings. The van der Waals surface area contributed by atoms with Crippen molar-refractivity contribution >= 4 is 5.91 Å². The quantitative estimate of drug-likeness (QED) is 0.724. The van der Waals surface area contributed by atoms with Crippen LogP contribution < -0.4 is 0 Å². The SMILES string of the molecule is CCN(CC)C(=O)c1ccc(F)cc1. The summed E-state index contributed by atoms with van der Waals surface area (Å²) < 4.78 is 12.6. The zero-order chi connectivity index (χ0) is 10.6. The molecular weight excluding hydrogens is 181 g/mol. The zero-order valence-electron chi connectivity index (χ0n) is 8.46. The fourth-order valence-corrected chi connectivity index (χ4v) is 1.29. The van der Waals surface area contributed by atoms with E-state index in [9.17, 15) is 9.18 Å². The lowest BCUT2D eigenvalue weighted by molar-refractivity contribution is 0.0773. The topological polar surface area (TPSA) is 20.3 Å². The lowest BCUT2D eigenvalue weighted by atomic mass is 10.2. The number of carbonyl (C=O) groups excluding carboxylic acids is 1. The highest BCUT2D eigenvalue weighted by Gasteiger charge is 2.11. The molecule has 0 aliphatic rings. The normalized spacial score (nSPS) is 9.93. The third-order valence-electron chi connectivity index (χ3n) is 2.14. The second kappa shape index (κ2) is 4.74. The van der Waals surface area contributed by atoms with Crippen molar-refractivity contribution in [3.8, 4) is 0 Å². The van der Waals surface area contributed by atoms with Crippen molar-refractivity contribution in [3.63, 3.8) is 0 Å². The van der Waals surface area contributed by atoms with Crippen LogP contribution in [0.2, 0.25) is 0 Å². The summed E-state index contributed by atoms with van der Waals surface area (Å²) >= 11 is 0. The number of nitrogens with zero attached hydrogens (tertiary/aromatic N) is 1. The van der Waals surface area contributed by atoms with Crippen LogP contribution in [0.1, 0.15) is 24.2 Å². The Morgan fingerprint density at radius 1 is 1.21 bits per heavy atom. The highest BCUT2D eigenvalue weighted by molar-refractivity contribution is 5.94. The van der Waals surface area contributed by atoms with Crippen molar-refractivity contribution in [1.82, 2.24) is 4.90 Å². The van der Waals surface area contributed by atoms with Crippen LogP contribution in [-0.4, -0.2) is 23.9 Å². The van der Waals surface area contributed by atoms with Crippen LogP contribution in [0, 0.1) is 5.82 Å². The van der Waals surface area contributed by atoms with E-state index in [0.29, 0.717) is 18.7 Å². The van der Waals surface area contributed by atoms with Gasteiger partial charge in [0, 0.05) is 18.7 Å². The zero-order valence-corrected chi connectivity index (χ0v) is 8.46. The van der Waals surface area contributed by atoms with Crippen molar-refractivity contribution in [2.45, 2.75) is 13.8 Å². The smallest absolute Gasteiger partial charge is 0.253 e. The Hall–Kier alpha value is -1.38. The summed E-state index contributed by atoms with van der Waals surface area (Å²) in [5.74, 6) is -0.365. The predicted molar refractivity (Wildman–Crippen MR) is 53.7 cm³/mol. The molecule has 0 heterocycles. The number of carbonyl (C=O) groups is 1. The van der Waals surface area contributed by atoms with Gasteiger partial charge < -0.3 is 4.90 Å². The predicted octanol–water partition coefficient (Wildman–Crippen LogP) is 2.31. The first-order chi connectivity index (χ1) is 6.69. The summed E-state index contributed by atoms with van der Waals surface area (Å²) in [4.78, 5) is 13.4. The molecule has 0 saturated carbocycles. The maximum absolute atomic E-state index is 12.6. The minimum absolute atomic E-state index is 0.0463. The van der Waals surface area contributed by atoms with E-state index in [2.05, 4.69) is 0 Å². The van der Waals surface area contributed by atoms with E-state index in [-0.39, 0.29) is 11.7 Å². The van der Waals surface area contributed by atoms with Crippen LogP contribution in [0.3, 0.4) is 0 Å². The third-order valence-corrected chi connectivity index (χ3v) is 2.14. The lowest BCUT2D eigenvalue weighted by Crippen LogP contribution is -2.30. The molecule has 0 radical (unpaired) electrons. The Kier molecular flexibility index (Phi) is 3.63. The Balaban J connectivity index is 2.83. The fourth-order valence-electron chi connectivity index (χ4n) is 1.29. The molecule has 0 atom stereocenters. The largest absolute Gasteiger partial charge is 0.339 e. The molecule has 0 aromatic heterocycles. The van der Waals surface area contributed by atoms with Crippen LogP contribution in [0.15, 0.2) is 24.3 Å². The number of hydrogen-bond donors (Lipinski definition) is 0. The first-order valence-corrected chi connectivity index (χ1v) is 4.73. The van der Waals surface area contributed by atoms with Crippen LogP contribution in [0.25, 0.3) is 0 Å². The number of hydrogen-bond acceptors (Lipinski definition) is 1. The van der Waals surface area contributed by atoms with Gasteiger partial charge in [0.25, 0.3) is 5.91 Å². The van der Waals surface area contributed by atoms with E-state index in [1.165, 1.54) is 24.3 Å². The van der Waals surface area contributed by atoms with Gasteiger partial charge in [0.15, 0.2) is 0 Å². The number of halogens is 1. The van der Waals surface area contributed by atoms with Crippen LogP contribution >= 0.6 is 0 Å². The number of benzene rings is 1. The van der Waals surface area contributed by atoms with Gasteiger partial charge in [-0.2, -0.15) is 0 Å². The van der Waals surface area contributed by atoms with Gasteiger partial charge in [-0.15, -0.1) is 0 Å². The molecule has 0 aliphatic carbocycles. The minimum Gasteiger partial charge on any atom is -0.339 e. The van der Waals surface area contributed by atoms with Crippen LogP contribution in [0.5, 0.6) is 0 Å². The van der Waals surface area contributed by atoms with Gasteiger partial charge in [-0.3, -0.25) is 4.79 Å². The highest BCUT2D eigenvalue weighted by atomic mass is 19.1. The van der Waals surface area contributed by atoms with Crippen LogP contribution in [-0.2, 0) is 0 Å². The molecule has 2 nitrogen and oxygen atoms in total. The van der Waals surface area contributed by atoms with Crippen molar-refractivity contribution in [1.29, 1.82) is 0 Å². The monoisotopic (exact) mass is 195 g/mol. The molecule has 0 saturated heterocycles. The Morgan fingerprint density at radius 3 is 2.14 bits per heavy atom. The van der Waals surface area contributed by atoms with Crippen molar-refractivity contribution in [3.05, 3.63) is 35.6 Å². The average molecular weight is 195 g/mol. The molecule has 3 heteroatoms. The maximum atomic E-state index is 12.6. The first-order valence-electron chi connectivity index (χ1n) is 4.73. The van der Waals surface area contributed by atoms with Gasteiger partial charge in [-0.1, -0.05) is 0 Å². The molecule has 76 valence electrons. The maximum Gasteiger partial charge on any atom is 0.253 e. The molecule has 1 amide bonds. The summed E-state index contributed by atoms with van der Waals surface area (Å²) in [5, 5.41) is 0. The lowest BCUT2D eigenvalue weighted by Gasteiger charge is -2.18. The van der Waals surface area contributed by atoms with Gasteiger partial charge in [-0.05, 0) is 38.1 Å². The highest BCUT2D eigenvalue weighted by Crippen LogP contribution is 2.06. The molecule has 0 spiro atoms. The summed E-state index contributed by atoms with van der Waals surface area (Å²) in [5.41, 5.74) is 0.537. The second-order valence-corrected chi connectivity index (χ2v) is 2.98. The summed E-state index contributed by atoms with van der Waals surface area (Å²) in [6.45, 7) is 5.19. The van der Waals surface area contributed by atoms with Crippen molar-refractivity contribution in [2.75, 3.05) is 13.1 Å². The summed E-state index contributed by atoms with van der Waals surface area (Å²) in [6.07, 6.45) is 0. The average Bonchev–Trinajstić information content (AvgIpc) is 2.20. The van der Waals surface area contributed by atoms with E-state index in [1.807, 2.05) is 13.8 Å². The molecule has 0 unspecified atom stereocenters. The summed E-state index contributed by atoms with van der Waals surface area (Å²) in [6, 6.07) is 5.62. The third kappa shape index (κ3) is 2.31. The van der Waals surface area contributed by atoms with Gasteiger partial charge in [0.05, 0.1) is 0 Å². The van der Waals surface area contributed by atoms with E-state index < -0.39 is 0 Å². The van der Waals surface area contributed by atoms with Gasteiger partial charge in [-0.25, -0.2) is 4.39 Å². The van der Waals surface area contributed by atoms with E-state index in [0.717, 1.165) is 0 Å².